The quantitative estimate of drug-likeness (QED) is 0.369. The second-order valence-corrected chi connectivity index (χ2v) is 10.1. The van der Waals surface area contributed by atoms with E-state index in [1.807, 2.05) is 28.8 Å². The van der Waals surface area contributed by atoms with E-state index in [0.717, 1.165) is 72.9 Å². The van der Waals surface area contributed by atoms with E-state index < -0.39 is 6.43 Å². The minimum Gasteiger partial charge on any atom is -0.485 e. The molecule has 10 heteroatoms. The third kappa shape index (κ3) is 4.69. The molecular weight excluding hydrogens is 502 g/mol. The fourth-order valence-corrected chi connectivity index (χ4v) is 5.42. The summed E-state index contributed by atoms with van der Waals surface area (Å²) in [6.45, 7) is 4.69. The highest BCUT2D eigenvalue weighted by Crippen LogP contribution is 2.35. The maximum atomic E-state index is 13.1. The smallest absolute Gasteiger partial charge is 0.280 e. The Hall–Kier alpha value is -4.05. The first-order valence-corrected chi connectivity index (χ1v) is 13.1. The fourth-order valence-electron chi connectivity index (χ4n) is 5.42. The summed E-state index contributed by atoms with van der Waals surface area (Å²) in [7, 11) is 3.43. The highest BCUT2D eigenvalue weighted by atomic mass is 19.3. The zero-order chi connectivity index (χ0) is 27.1. The number of nitrogens with zero attached hydrogens (tertiary/aromatic N) is 6. The van der Waals surface area contributed by atoms with Crippen LogP contribution in [0.4, 0.5) is 14.5 Å². The molecule has 0 radical (unpaired) electrons. The summed E-state index contributed by atoms with van der Waals surface area (Å²) in [5.41, 5.74) is 4.67. The molecule has 0 bridgehead atoms. The molecule has 4 aromatic rings. The van der Waals surface area contributed by atoms with Crippen LogP contribution < -0.4 is 9.64 Å². The summed E-state index contributed by atoms with van der Waals surface area (Å²) in [5, 5.41) is 0.901. The number of carbonyl (C=O) groups is 1. The van der Waals surface area contributed by atoms with Crippen molar-refractivity contribution in [1.29, 1.82) is 0 Å². The molecule has 1 fully saturated rings. The summed E-state index contributed by atoms with van der Waals surface area (Å²) in [6, 6.07) is 15.0. The molecule has 0 unspecified atom stereocenters. The van der Waals surface area contributed by atoms with Crippen LogP contribution in [-0.4, -0.2) is 77.1 Å². The molecule has 2 aromatic carbocycles. The first kappa shape index (κ1) is 25.2. The van der Waals surface area contributed by atoms with Crippen molar-refractivity contribution in [1.82, 2.24) is 24.3 Å². The Labute approximate surface area is 225 Å². The maximum absolute atomic E-state index is 13.1. The van der Waals surface area contributed by atoms with Crippen LogP contribution in [0.5, 0.6) is 5.75 Å². The number of ether oxygens (including phenoxy) is 1. The predicted molar refractivity (Wildman–Crippen MR) is 145 cm³/mol. The van der Waals surface area contributed by atoms with Crippen LogP contribution in [0.3, 0.4) is 0 Å². The monoisotopic (exact) mass is 532 g/mol. The number of piperazine rings is 1. The van der Waals surface area contributed by atoms with Crippen LogP contribution in [0, 0.1) is 0 Å². The third-order valence-electron chi connectivity index (χ3n) is 7.53. The van der Waals surface area contributed by atoms with E-state index in [9.17, 15) is 13.6 Å². The van der Waals surface area contributed by atoms with Gasteiger partial charge in [0.1, 0.15) is 24.4 Å². The van der Waals surface area contributed by atoms with Crippen molar-refractivity contribution >= 4 is 22.5 Å². The number of anilines is 1. The number of hydrogen-bond donors (Lipinski definition) is 0. The lowest BCUT2D eigenvalue weighted by Crippen LogP contribution is -2.47. The van der Waals surface area contributed by atoms with Gasteiger partial charge >= 0.3 is 0 Å². The van der Waals surface area contributed by atoms with Crippen LogP contribution in [0.2, 0.25) is 0 Å². The van der Waals surface area contributed by atoms with Gasteiger partial charge in [-0.25, -0.2) is 18.7 Å². The van der Waals surface area contributed by atoms with Gasteiger partial charge < -0.3 is 14.5 Å². The van der Waals surface area contributed by atoms with Crippen molar-refractivity contribution in [2.75, 3.05) is 51.7 Å². The Morgan fingerprint density at radius 1 is 1.03 bits per heavy atom. The average molecular weight is 533 g/mol. The Balaban J connectivity index is 1.12. The SMILES string of the molecule is CN(C)C(=O)c1ncn2c1COc1c(CCN3CCN(c4cccc5nc(C(F)F)ccc45)CC3)cccc1-2. The number of para-hydroxylation sites is 1. The summed E-state index contributed by atoms with van der Waals surface area (Å²) in [5.74, 6) is 0.708. The summed E-state index contributed by atoms with van der Waals surface area (Å²) in [4.78, 5) is 27.3. The molecule has 0 saturated carbocycles. The Kier molecular flexibility index (Phi) is 6.64. The minimum absolute atomic E-state index is 0.135. The number of halogens is 2. The number of amides is 1. The molecule has 2 aliphatic heterocycles. The lowest BCUT2D eigenvalue weighted by Gasteiger charge is -2.36. The first-order valence-electron chi connectivity index (χ1n) is 13.1. The van der Waals surface area contributed by atoms with E-state index in [2.05, 4.69) is 25.8 Å². The number of imidazole rings is 1. The van der Waals surface area contributed by atoms with E-state index in [0.29, 0.717) is 17.8 Å². The van der Waals surface area contributed by atoms with Crippen molar-refractivity contribution in [3.05, 3.63) is 77.5 Å². The second-order valence-electron chi connectivity index (χ2n) is 10.1. The van der Waals surface area contributed by atoms with Crippen molar-refractivity contribution < 1.29 is 18.3 Å². The number of benzene rings is 2. The zero-order valence-corrected chi connectivity index (χ0v) is 22.0. The molecule has 8 nitrogen and oxygen atoms in total. The summed E-state index contributed by atoms with van der Waals surface area (Å²) < 4.78 is 34.3. The summed E-state index contributed by atoms with van der Waals surface area (Å²) in [6.07, 6.45) is -0.0345. The minimum atomic E-state index is -2.58. The zero-order valence-electron chi connectivity index (χ0n) is 22.0. The predicted octanol–water partition coefficient (Wildman–Crippen LogP) is 4.32. The van der Waals surface area contributed by atoms with Gasteiger partial charge in [-0.1, -0.05) is 18.2 Å². The Morgan fingerprint density at radius 3 is 2.56 bits per heavy atom. The molecule has 1 saturated heterocycles. The number of hydrogen-bond acceptors (Lipinski definition) is 6. The number of alkyl halides is 2. The van der Waals surface area contributed by atoms with Crippen LogP contribution in [0.25, 0.3) is 16.6 Å². The number of fused-ring (bicyclic) bond motifs is 4. The van der Waals surface area contributed by atoms with E-state index in [1.54, 1.807) is 32.6 Å². The van der Waals surface area contributed by atoms with E-state index in [1.165, 1.54) is 11.0 Å². The Bertz CT molecular complexity index is 1530. The highest BCUT2D eigenvalue weighted by molar-refractivity contribution is 5.93. The topological polar surface area (TPSA) is 66.7 Å². The van der Waals surface area contributed by atoms with Gasteiger partial charge in [-0.3, -0.25) is 14.3 Å². The van der Waals surface area contributed by atoms with Crippen LogP contribution in [-0.2, 0) is 13.0 Å². The standard InChI is InChI=1S/C29H30F2N6O2/c1-34(2)29(38)26-25-17-39-27-19(5-3-8-24(27)37(25)18-32-26)11-12-35-13-15-36(16-14-35)23-7-4-6-21-20(23)9-10-22(33-21)28(30)31/h3-10,18,28H,11-17H2,1-2H3. The number of rotatable bonds is 6. The van der Waals surface area contributed by atoms with E-state index in [-0.39, 0.29) is 11.6 Å². The molecule has 2 aliphatic rings. The van der Waals surface area contributed by atoms with E-state index in [4.69, 9.17) is 4.74 Å². The lowest BCUT2D eigenvalue weighted by molar-refractivity contribution is 0.0819. The molecule has 0 atom stereocenters. The van der Waals surface area contributed by atoms with Gasteiger partial charge in [0.05, 0.1) is 16.9 Å². The van der Waals surface area contributed by atoms with Crippen molar-refractivity contribution in [2.45, 2.75) is 19.5 Å². The normalized spacial score (nSPS) is 15.3. The molecule has 0 spiro atoms. The van der Waals surface area contributed by atoms with Gasteiger partial charge in [-0.15, -0.1) is 0 Å². The molecule has 2 aromatic heterocycles. The van der Waals surface area contributed by atoms with Gasteiger partial charge in [0.2, 0.25) is 0 Å². The van der Waals surface area contributed by atoms with E-state index >= 15 is 0 Å². The molecule has 1 amide bonds. The molecular formula is C29H30F2N6O2. The molecule has 6 rings (SSSR count). The lowest BCUT2D eigenvalue weighted by atomic mass is 10.1. The molecule has 202 valence electrons. The van der Waals surface area contributed by atoms with Crippen molar-refractivity contribution in [2.24, 2.45) is 0 Å². The van der Waals surface area contributed by atoms with Crippen molar-refractivity contribution in [3.63, 3.8) is 0 Å². The number of pyridine rings is 1. The molecule has 39 heavy (non-hydrogen) atoms. The van der Waals surface area contributed by atoms with Gasteiger partial charge in [-0.05, 0) is 42.3 Å². The van der Waals surface area contributed by atoms with Crippen molar-refractivity contribution in [3.8, 4) is 11.4 Å². The largest absolute Gasteiger partial charge is 0.485 e. The van der Waals surface area contributed by atoms with Crippen LogP contribution >= 0.6 is 0 Å². The van der Waals surface area contributed by atoms with Crippen LogP contribution in [0.1, 0.15) is 33.9 Å². The van der Waals surface area contributed by atoms with Gasteiger partial charge in [0, 0.05) is 57.9 Å². The number of aromatic nitrogens is 3. The van der Waals surface area contributed by atoms with Gasteiger partial charge in [0.15, 0.2) is 5.69 Å². The maximum Gasteiger partial charge on any atom is 0.280 e. The number of carbonyl (C=O) groups excluding carboxylic acids is 1. The Morgan fingerprint density at radius 2 is 1.79 bits per heavy atom. The van der Waals surface area contributed by atoms with Crippen LogP contribution in [0.15, 0.2) is 54.9 Å². The molecule has 0 N–H and O–H groups in total. The average Bonchev–Trinajstić information content (AvgIpc) is 3.40. The highest BCUT2D eigenvalue weighted by Gasteiger charge is 2.27. The molecule has 4 heterocycles. The summed E-state index contributed by atoms with van der Waals surface area (Å²) >= 11 is 0. The van der Waals surface area contributed by atoms with Gasteiger partial charge in [-0.2, -0.15) is 0 Å². The third-order valence-corrected chi connectivity index (χ3v) is 7.53. The molecule has 0 aliphatic carbocycles. The first-order chi connectivity index (χ1) is 18.9. The fraction of sp³-hybridized carbons (Fsp3) is 0.345. The van der Waals surface area contributed by atoms with Gasteiger partial charge in [0.25, 0.3) is 12.3 Å². The second kappa shape index (κ2) is 10.3.